The van der Waals surface area contributed by atoms with E-state index in [1.165, 1.54) is 12.1 Å². The van der Waals surface area contributed by atoms with Crippen LogP contribution in [0.25, 0.3) is 0 Å². The molecule has 0 radical (unpaired) electrons. The predicted molar refractivity (Wildman–Crippen MR) is 131 cm³/mol. The van der Waals surface area contributed by atoms with Gasteiger partial charge in [-0.2, -0.15) is 0 Å². The number of likely N-dealkylation sites (N-methyl/N-ethyl adjacent to an activating group) is 1. The minimum Gasteiger partial charge on any atom is -0.355 e. The van der Waals surface area contributed by atoms with E-state index in [2.05, 4.69) is 5.32 Å². The summed E-state index contributed by atoms with van der Waals surface area (Å²) in [5, 5.41) is 2.88. The van der Waals surface area contributed by atoms with Gasteiger partial charge in [0.2, 0.25) is 11.8 Å². The maximum absolute atomic E-state index is 13.4. The molecule has 0 bridgehead atoms. The average molecular weight is 465 g/mol. The van der Waals surface area contributed by atoms with Gasteiger partial charge in [-0.15, -0.1) is 11.8 Å². The fourth-order valence-electron chi connectivity index (χ4n) is 3.55. The number of hydrogen-bond acceptors (Lipinski definition) is 3. The Morgan fingerprint density at radius 3 is 2.18 bits per heavy atom. The van der Waals surface area contributed by atoms with Crippen molar-refractivity contribution in [1.29, 1.82) is 0 Å². The van der Waals surface area contributed by atoms with E-state index in [-0.39, 0.29) is 24.2 Å². The number of nitrogens with one attached hydrogen (secondary N) is 1. The molecule has 3 rings (SSSR count). The first-order valence-corrected chi connectivity index (χ1v) is 12.1. The molecule has 0 fully saturated rings. The predicted octanol–water partition coefficient (Wildman–Crippen LogP) is 5.08. The highest BCUT2D eigenvalue weighted by atomic mass is 32.2. The average Bonchev–Trinajstić information content (AvgIpc) is 2.84. The number of amides is 2. The van der Waals surface area contributed by atoms with Crippen LogP contribution in [0, 0.1) is 5.82 Å². The normalized spacial score (nSPS) is 11.6. The first kappa shape index (κ1) is 24.5. The third-order valence-corrected chi connectivity index (χ3v) is 6.23. The molecule has 0 aliphatic rings. The molecule has 0 aromatic heterocycles. The van der Waals surface area contributed by atoms with Crippen molar-refractivity contribution in [2.45, 2.75) is 37.2 Å². The first-order chi connectivity index (χ1) is 16.1. The number of hydrogen-bond donors (Lipinski definition) is 1. The van der Waals surface area contributed by atoms with E-state index < -0.39 is 6.04 Å². The van der Waals surface area contributed by atoms with Crippen molar-refractivity contribution in [1.82, 2.24) is 10.2 Å². The second-order valence-electron chi connectivity index (χ2n) is 7.66. The summed E-state index contributed by atoms with van der Waals surface area (Å²) in [6, 6.07) is 25.0. The van der Waals surface area contributed by atoms with Crippen LogP contribution >= 0.6 is 11.8 Å². The van der Waals surface area contributed by atoms with E-state index in [9.17, 15) is 14.0 Å². The molecule has 4 nitrogen and oxygen atoms in total. The molecule has 1 atom stereocenters. The molecule has 172 valence electrons. The van der Waals surface area contributed by atoms with Crippen molar-refractivity contribution >= 4 is 23.6 Å². The van der Waals surface area contributed by atoms with Gasteiger partial charge in [-0.3, -0.25) is 9.59 Å². The number of benzene rings is 3. The number of carbonyl (C=O) groups is 2. The van der Waals surface area contributed by atoms with Crippen LogP contribution in [-0.4, -0.2) is 35.1 Å². The number of halogens is 1. The Balaban J connectivity index is 1.81. The summed E-state index contributed by atoms with van der Waals surface area (Å²) in [7, 11) is 0. The van der Waals surface area contributed by atoms with Crippen molar-refractivity contribution < 1.29 is 14.0 Å². The van der Waals surface area contributed by atoms with Gasteiger partial charge in [-0.05, 0) is 42.3 Å². The third-order valence-electron chi connectivity index (χ3n) is 5.22. The van der Waals surface area contributed by atoms with E-state index >= 15 is 0 Å². The molecular formula is C27H29FN2O2S. The molecule has 1 unspecified atom stereocenters. The molecule has 0 aliphatic heterocycles. The van der Waals surface area contributed by atoms with Crippen LogP contribution in [-0.2, 0) is 22.6 Å². The van der Waals surface area contributed by atoms with Gasteiger partial charge in [0.25, 0.3) is 0 Å². The minimum absolute atomic E-state index is 0.102. The molecule has 3 aromatic carbocycles. The van der Waals surface area contributed by atoms with Crippen LogP contribution < -0.4 is 5.32 Å². The van der Waals surface area contributed by atoms with Crippen molar-refractivity contribution in [2.75, 3.05) is 12.3 Å². The Labute approximate surface area is 199 Å². The first-order valence-electron chi connectivity index (χ1n) is 11.1. The Morgan fingerprint density at radius 2 is 1.55 bits per heavy atom. The van der Waals surface area contributed by atoms with Crippen LogP contribution in [0.1, 0.15) is 24.5 Å². The summed E-state index contributed by atoms with van der Waals surface area (Å²) in [5.74, 6) is -0.0149. The summed E-state index contributed by atoms with van der Waals surface area (Å²) >= 11 is 1.61. The molecule has 0 spiro atoms. The van der Waals surface area contributed by atoms with Gasteiger partial charge >= 0.3 is 0 Å². The number of thioether (sulfide) groups is 1. The van der Waals surface area contributed by atoms with E-state index in [4.69, 9.17) is 0 Å². The van der Waals surface area contributed by atoms with Crippen molar-refractivity contribution in [3.8, 4) is 0 Å². The molecular weight excluding hydrogens is 435 g/mol. The SMILES string of the molecule is CCNC(=O)C(Cc1ccccc1)N(Cc1ccc(F)cc1)C(=O)CCSc1ccccc1. The van der Waals surface area contributed by atoms with Gasteiger partial charge in [0.05, 0.1) is 0 Å². The Bertz CT molecular complexity index is 1010. The molecule has 2 amide bonds. The highest BCUT2D eigenvalue weighted by Crippen LogP contribution is 2.21. The molecule has 0 heterocycles. The Morgan fingerprint density at radius 1 is 0.909 bits per heavy atom. The molecule has 0 saturated heterocycles. The minimum atomic E-state index is -0.661. The third kappa shape index (κ3) is 7.75. The fourth-order valence-corrected chi connectivity index (χ4v) is 4.41. The van der Waals surface area contributed by atoms with Gasteiger partial charge in [0.15, 0.2) is 0 Å². The molecule has 33 heavy (non-hydrogen) atoms. The lowest BCUT2D eigenvalue weighted by Crippen LogP contribution is -2.50. The van der Waals surface area contributed by atoms with Crippen LogP contribution in [0.2, 0.25) is 0 Å². The number of nitrogens with zero attached hydrogens (tertiary/aromatic N) is 1. The summed E-state index contributed by atoms with van der Waals surface area (Å²) in [4.78, 5) is 29.2. The fraction of sp³-hybridized carbons (Fsp3) is 0.259. The summed E-state index contributed by atoms with van der Waals surface area (Å²) in [6.07, 6.45) is 0.705. The zero-order valence-corrected chi connectivity index (χ0v) is 19.6. The lowest BCUT2D eigenvalue weighted by Gasteiger charge is -2.31. The standard InChI is InChI=1S/C27H29FN2O2S/c1-2-29-27(32)25(19-21-9-5-3-6-10-21)30(20-22-13-15-23(28)16-14-22)26(31)17-18-33-24-11-7-4-8-12-24/h3-16,25H,2,17-20H2,1H3,(H,29,32). The van der Waals surface area contributed by atoms with E-state index in [1.807, 2.05) is 67.6 Å². The van der Waals surface area contributed by atoms with Crippen LogP contribution in [0.5, 0.6) is 0 Å². The summed E-state index contributed by atoms with van der Waals surface area (Å²) in [6.45, 7) is 2.58. The molecule has 0 aliphatic carbocycles. The van der Waals surface area contributed by atoms with Crippen molar-refractivity contribution in [2.24, 2.45) is 0 Å². The number of carbonyl (C=O) groups excluding carboxylic acids is 2. The second kappa shape index (κ2) is 12.8. The second-order valence-corrected chi connectivity index (χ2v) is 8.83. The van der Waals surface area contributed by atoms with E-state index in [0.717, 1.165) is 16.0 Å². The van der Waals surface area contributed by atoms with Gasteiger partial charge in [-0.1, -0.05) is 60.7 Å². The lowest BCUT2D eigenvalue weighted by atomic mass is 10.0. The van der Waals surface area contributed by atoms with Crippen molar-refractivity contribution in [3.63, 3.8) is 0 Å². The molecule has 3 aromatic rings. The van der Waals surface area contributed by atoms with Gasteiger partial charge in [-0.25, -0.2) is 4.39 Å². The zero-order chi connectivity index (χ0) is 23.5. The quantitative estimate of drug-likeness (QED) is 0.403. The van der Waals surface area contributed by atoms with Gasteiger partial charge in [0.1, 0.15) is 11.9 Å². The Hall–Kier alpha value is -3.12. The largest absolute Gasteiger partial charge is 0.355 e. The van der Waals surface area contributed by atoms with Crippen molar-refractivity contribution in [3.05, 3.63) is 102 Å². The van der Waals surface area contributed by atoms with Gasteiger partial charge in [0, 0.05) is 36.6 Å². The Kier molecular flexibility index (Phi) is 9.51. The lowest BCUT2D eigenvalue weighted by molar-refractivity contribution is -0.140. The smallest absolute Gasteiger partial charge is 0.243 e. The zero-order valence-electron chi connectivity index (χ0n) is 18.7. The van der Waals surface area contributed by atoms with Gasteiger partial charge < -0.3 is 10.2 Å². The topological polar surface area (TPSA) is 49.4 Å². The van der Waals surface area contributed by atoms with E-state index in [0.29, 0.717) is 25.1 Å². The maximum atomic E-state index is 13.4. The molecule has 6 heteroatoms. The number of rotatable bonds is 11. The maximum Gasteiger partial charge on any atom is 0.243 e. The highest BCUT2D eigenvalue weighted by molar-refractivity contribution is 7.99. The summed E-state index contributed by atoms with van der Waals surface area (Å²) < 4.78 is 13.4. The monoisotopic (exact) mass is 464 g/mol. The molecule has 0 saturated carbocycles. The van der Waals surface area contributed by atoms with Crippen LogP contribution in [0.3, 0.4) is 0 Å². The summed E-state index contributed by atoms with van der Waals surface area (Å²) in [5.41, 5.74) is 1.76. The van der Waals surface area contributed by atoms with Crippen LogP contribution in [0.15, 0.2) is 89.8 Å². The van der Waals surface area contributed by atoms with E-state index in [1.54, 1.807) is 28.8 Å². The highest BCUT2D eigenvalue weighted by Gasteiger charge is 2.29. The van der Waals surface area contributed by atoms with Crippen LogP contribution in [0.4, 0.5) is 4.39 Å². The molecule has 1 N–H and O–H groups in total.